The minimum absolute atomic E-state index is 0.518. The van der Waals surface area contributed by atoms with Gasteiger partial charge in [-0.2, -0.15) is 0 Å². The highest BCUT2D eigenvalue weighted by Crippen LogP contribution is 2.29. The highest BCUT2D eigenvalue weighted by Gasteiger charge is 2.28. The third-order valence-electron chi connectivity index (χ3n) is 2.76. The number of rotatable bonds is 1. The summed E-state index contributed by atoms with van der Waals surface area (Å²) in [7, 11) is 0. The molecule has 0 bridgehead atoms. The van der Waals surface area contributed by atoms with Gasteiger partial charge in [0.2, 0.25) is 0 Å². The Bertz CT molecular complexity index is 326. The first-order valence-corrected chi connectivity index (χ1v) is 5.01. The van der Waals surface area contributed by atoms with Crippen LogP contribution in [0.15, 0.2) is 12.4 Å². The predicted octanol–water partition coefficient (Wildman–Crippen LogP) is 1.29. The average molecular weight is 192 g/mol. The van der Waals surface area contributed by atoms with Gasteiger partial charge in [0, 0.05) is 25.0 Å². The third kappa shape index (κ3) is 1.52. The van der Waals surface area contributed by atoms with Gasteiger partial charge in [-0.3, -0.25) is 0 Å². The summed E-state index contributed by atoms with van der Waals surface area (Å²) in [6, 6.07) is 0.518. The van der Waals surface area contributed by atoms with Crippen LogP contribution in [0, 0.1) is 5.92 Å². The Labute approximate surface area is 84.2 Å². The van der Waals surface area contributed by atoms with Crippen LogP contribution in [-0.2, 0) is 0 Å². The van der Waals surface area contributed by atoms with Crippen LogP contribution in [0.1, 0.15) is 20.3 Å². The quantitative estimate of drug-likeness (QED) is 0.728. The Hall–Kier alpha value is -1.32. The Morgan fingerprint density at radius 2 is 2.07 bits per heavy atom. The predicted molar refractivity (Wildman–Crippen MR) is 57.0 cm³/mol. The Morgan fingerprint density at radius 1 is 1.36 bits per heavy atom. The van der Waals surface area contributed by atoms with E-state index in [1.807, 2.05) is 0 Å². The zero-order valence-electron chi connectivity index (χ0n) is 8.64. The minimum Gasteiger partial charge on any atom is -0.381 e. The number of aromatic nitrogens is 2. The molecular weight excluding hydrogens is 176 g/mol. The molecule has 2 N–H and O–H groups in total. The van der Waals surface area contributed by atoms with Crippen LogP contribution in [0.2, 0.25) is 0 Å². The van der Waals surface area contributed by atoms with Crippen LogP contribution in [0.5, 0.6) is 0 Å². The van der Waals surface area contributed by atoms with E-state index in [9.17, 15) is 0 Å². The van der Waals surface area contributed by atoms with Crippen LogP contribution in [0.3, 0.4) is 0 Å². The summed E-state index contributed by atoms with van der Waals surface area (Å²) in [5.41, 5.74) is 5.79. The van der Waals surface area contributed by atoms with Crippen molar-refractivity contribution in [2.45, 2.75) is 26.3 Å². The monoisotopic (exact) mass is 192 g/mol. The molecule has 1 aliphatic rings. The van der Waals surface area contributed by atoms with Crippen molar-refractivity contribution in [2.24, 2.45) is 5.92 Å². The molecule has 2 unspecified atom stereocenters. The van der Waals surface area contributed by atoms with Gasteiger partial charge >= 0.3 is 0 Å². The largest absolute Gasteiger partial charge is 0.381 e. The zero-order chi connectivity index (χ0) is 10.1. The maximum atomic E-state index is 5.79. The number of hydrogen-bond acceptors (Lipinski definition) is 4. The van der Waals surface area contributed by atoms with Gasteiger partial charge < -0.3 is 10.6 Å². The fourth-order valence-electron chi connectivity index (χ4n) is 2.16. The molecule has 4 heteroatoms. The summed E-state index contributed by atoms with van der Waals surface area (Å²) >= 11 is 0. The van der Waals surface area contributed by atoms with Crippen molar-refractivity contribution in [1.82, 2.24) is 9.97 Å². The third-order valence-corrected chi connectivity index (χ3v) is 2.76. The van der Waals surface area contributed by atoms with Crippen LogP contribution >= 0.6 is 0 Å². The maximum Gasteiger partial charge on any atom is 0.171 e. The molecule has 1 aliphatic heterocycles. The number of nitrogens with zero attached hydrogens (tertiary/aromatic N) is 3. The second-order valence-electron chi connectivity index (χ2n) is 4.11. The standard InChI is InChI=1S/C10H16N4/c1-7-5-8(2)14(6-7)10-9(11)12-3-4-13-10/h3-4,7-8H,5-6H2,1-2H3,(H2,11,12). The summed E-state index contributed by atoms with van der Waals surface area (Å²) in [4.78, 5) is 10.6. The molecule has 1 fully saturated rings. The second kappa shape index (κ2) is 3.44. The normalized spacial score (nSPS) is 26.9. The van der Waals surface area contributed by atoms with Gasteiger partial charge in [0.1, 0.15) is 0 Å². The summed E-state index contributed by atoms with van der Waals surface area (Å²) < 4.78 is 0. The van der Waals surface area contributed by atoms with E-state index in [0.717, 1.165) is 12.4 Å². The van der Waals surface area contributed by atoms with Crippen molar-refractivity contribution in [3.8, 4) is 0 Å². The molecule has 0 saturated carbocycles. The van der Waals surface area contributed by atoms with Gasteiger partial charge in [-0.25, -0.2) is 9.97 Å². The van der Waals surface area contributed by atoms with E-state index < -0.39 is 0 Å². The highest BCUT2D eigenvalue weighted by molar-refractivity contribution is 5.58. The molecule has 2 heterocycles. The van der Waals surface area contributed by atoms with Crippen molar-refractivity contribution in [3.05, 3.63) is 12.4 Å². The molecule has 76 valence electrons. The van der Waals surface area contributed by atoms with Crippen LogP contribution < -0.4 is 10.6 Å². The van der Waals surface area contributed by atoms with Crippen molar-refractivity contribution >= 4 is 11.6 Å². The van der Waals surface area contributed by atoms with Crippen LogP contribution in [0.25, 0.3) is 0 Å². The lowest BCUT2D eigenvalue weighted by Crippen LogP contribution is -2.28. The van der Waals surface area contributed by atoms with E-state index in [-0.39, 0.29) is 0 Å². The van der Waals surface area contributed by atoms with Gasteiger partial charge in [-0.15, -0.1) is 0 Å². The molecule has 0 amide bonds. The van der Waals surface area contributed by atoms with E-state index in [0.29, 0.717) is 17.8 Å². The van der Waals surface area contributed by atoms with Crippen molar-refractivity contribution in [2.75, 3.05) is 17.2 Å². The summed E-state index contributed by atoms with van der Waals surface area (Å²) in [6.45, 7) is 5.49. The van der Waals surface area contributed by atoms with E-state index in [4.69, 9.17) is 5.73 Å². The smallest absolute Gasteiger partial charge is 0.171 e. The number of nitrogens with two attached hydrogens (primary N) is 1. The lowest BCUT2D eigenvalue weighted by molar-refractivity contribution is 0.625. The zero-order valence-corrected chi connectivity index (χ0v) is 8.64. The van der Waals surface area contributed by atoms with E-state index >= 15 is 0 Å². The maximum absolute atomic E-state index is 5.79. The van der Waals surface area contributed by atoms with E-state index in [1.54, 1.807) is 12.4 Å². The molecule has 4 nitrogen and oxygen atoms in total. The molecule has 2 rings (SSSR count). The Balaban J connectivity index is 2.27. The molecule has 0 aliphatic carbocycles. The molecule has 1 saturated heterocycles. The number of nitrogen functional groups attached to an aromatic ring is 1. The van der Waals surface area contributed by atoms with Gasteiger partial charge in [0.05, 0.1) is 0 Å². The first-order valence-electron chi connectivity index (χ1n) is 5.01. The molecule has 1 aromatic rings. The summed E-state index contributed by atoms with van der Waals surface area (Å²) in [5, 5.41) is 0. The van der Waals surface area contributed by atoms with Crippen LogP contribution in [-0.4, -0.2) is 22.6 Å². The minimum atomic E-state index is 0.518. The molecule has 1 aromatic heterocycles. The highest BCUT2D eigenvalue weighted by atomic mass is 15.2. The van der Waals surface area contributed by atoms with Gasteiger partial charge in [-0.05, 0) is 19.3 Å². The van der Waals surface area contributed by atoms with Crippen molar-refractivity contribution in [1.29, 1.82) is 0 Å². The summed E-state index contributed by atoms with van der Waals surface area (Å²) in [5.74, 6) is 2.09. The lowest BCUT2D eigenvalue weighted by Gasteiger charge is -2.22. The first-order chi connectivity index (χ1) is 6.68. The molecule has 0 aromatic carbocycles. The fraction of sp³-hybridized carbons (Fsp3) is 0.600. The molecule has 14 heavy (non-hydrogen) atoms. The fourth-order valence-corrected chi connectivity index (χ4v) is 2.16. The van der Waals surface area contributed by atoms with E-state index in [1.165, 1.54) is 6.42 Å². The van der Waals surface area contributed by atoms with Gasteiger partial charge in [-0.1, -0.05) is 6.92 Å². The first kappa shape index (κ1) is 9.24. The van der Waals surface area contributed by atoms with Crippen molar-refractivity contribution in [3.63, 3.8) is 0 Å². The lowest BCUT2D eigenvalue weighted by atomic mass is 10.1. The Morgan fingerprint density at radius 3 is 2.64 bits per heavy atom. The number of hydrogen-bond donors (Lipinski definition) is 1. The molecular formula is C10H16N4. The van der Waals surface area contributed by atoms with E-state index in [2.05, 4.69) is 28.7 Å². The second-order valence-corrected chi connectivity index (χ2v) is 4.11. The van der Waals surface area contributed by atoms with Gasteiger partial charge in [0.15, 0.2) is 11.6 Å². The molecule has 0 spiro atoms. The van der Waals surface area contributed by atoms with Crippen LogP contribution in [0.4, 0.5) is 11.6 Å². The average Bonchev–Trinajstić information content (AvgIpc) is 2.46. The Kier molecular flexibility index (Phi) is 2.27. The van der Waals surface area contributed by atoms with Crippen molar-refractivity contribution < 1.29 is 0 Å². The molecule has 2 atom stereocenters. The summed E-state index contributed by atoms with van der Waals surface area (Å²) in [6.07, 6.45) is 4.53. The number of anilines is 2. The molecule has 0 radical (unpaired) electrons. The van der Waals surface area contributed by atoms with Gasteiger partial charge in [0.25, 0.3) is 0 Å². The topological polar surface area (TPSA) is 55.0 Å². The SMILES string of the molecule is CC1CC(C)N(c2nccnc2N)C1.